The second kappa shape index (κ2) is 7.56. The van der Waals surface area contributed by atoms with Crippen LogP contribution in [0.4, 0.5) is 5.69 Å². The highest BCUT2D eigenvalue weighted by molar-refractivity contribution is 6.06. The predicted octanol–water partition coefficient (Wildman–Crippen LogP) is 2.79. The summed E-state index contributed by atoms with van der Waals surface area (Å²) in [6.45, 7) is 0.412. The Morgan fingerprint density at radius 3 is 2.43 bits per heavy atom. The molecule has 2 rings (SSSR count). The lowest BCUT2D eigenvalue weighted by Crippen LogP contribution is -2.22. The lowest BCUT2D eigenvalue weighted by molar-refractivity contribution is 0.0827. The lowest BCUT2D eigenvalue weighted by Gasteiger charge is -2.12. The van der Waals surface area contributed by atoms with Crippen LogP contribution < -0.4 is 5.32 Å². The minimum atomic E-state index is -0.262. The van der Waals surface area contributed by atoms with E-state index >= 15 is 0 Å². The first kappa shape index (κ1) is 16.7. The van der Waals surface area contributed by atoms with Crippen LogP contribution in [-0.4, -0.2) is 37.9 Å². The van der Waals surface area contributed by atoms with Crippen molar-refractivity contribution in [2.45, 2.75) is 6.61 Å². The molecule has 120 valence electrons. The predicted molar refractivity (Wildman–Crippen MR) is 89.6 cm³/mol. The molecule has 0 aliphatic heterocycles. The minimum absolute atomic E-state index is 0.139. The number of amides is 2. The minimum Gasteiger partial charge on any atom is -0.380 e. The zero-order valence-electron chi connectivity index (χ0n) is 13.5. The molecular formula is C18H20N2O3. The molecule has 0 heterocycles. The van der Waals surface area contributed by atoms with E-state index in [0.29, 0.717) is 23.4 Å². The third-order valence-electron chi connectivity index (χ3n) is 3.34. The Balaban J connectivity index is 2.22. The van der Waals surface area contributed by atoms with Crippen molar-refractivity contribution >= 4 is 17.5 Å². The molecule has 2 aromatic carbocycles. The Bertz CT molecular complexity index is 711. The van der Waals surface area contributed by atoms with Gasteiger partial charge in [0, 0.05) is 43.6 Å². The van der Waals surface area contributed by atoms with E-state index in [1.165, 1.54) is 4.90 Å². The van der Waals surface area contributed by atoms with Crippen LogP contribution in [0.1, 0.15) is 26.3 Å². The molecule has 23 heavy (non-hydrogen) atoms. The van der Waals surface area contributed by atoms with Crippen molar-refractivity contribution < 1.29 is 14.3 Å². The Morgan fingerprint density at radius 1 is 1.04 bits per heavy atom. The summed E-state index contributed by atoms with van der Waals surface area (Å²) in [7, 11) is 4.96. The first-order valence-corrected chi connectivity index (χ1v) is 7.23. The molecule has 1 N–H and O–H groups in total. The molecule has 0 aromatic heterocycles. The molecule has 0 unspecified atom stereocenters. The molecule has 0 aliphatic carbocycles. The Morgan fingerprint density at radius 2 is 1.74 bits per heavy atom. The summed E-state index contributed by atoms with van der Waals surface area (Å²) < 4.78 is 5.13. The molecule has 2 aromatic rings. The monoisotopic (exact) mass is 312 g/mol. The van der Waals surface area contributed by atoms with Crippen LogP contribution in [0.2, 0.25) is 0 Å². The second-order valence-electron chi connectivity index (χ2n) is 5.32. The average molecular weight is 312 g/mol. The SMILES string of the molecule is COCc1ccccc1NC(=O)c1cccc(C(=O)N(C)C)c1. The number of nitrogens with zero attached hydrogens (tertiary/aromatic N) is 1. The van der Waals surface area contributed by atoms with Gasteiger partial charge in [0.1, 0.15) is 0 Å². The number of carbonyl (C=O) groups excluding carboxylic acids is 2. The van der Waals surface area contributed by atoms with Gasteiger partial charge in [-0.2, -0.15) is 0 Å². The first-order chi connectivity index (χ1) is 11.0. The van der Waals surface area contributed by atoms with E-state index in [2.05, 4.69) is 5.32 Å². The van der Waals surface area contributed by atoms with Gasteiger partial charge in [0.25, 0.3) is 11.8 Å². The molecule has 0 saturated heterocycles. The lowest BCUT2D eigenvalue weighted by atomic mass is 10.1. The maximum absolute atomic E-state index is 12.4. The number of carbonyl (C=O) groups is 2. The molecule has 5 heteroatoms. The summed E-state index contributed by atoms with van der Waals surface area (Å²) in [5.74, 6) is -0.401. The van der Waals surface area contributed by atoms with Gasteiger partial charge in [0.05, 0.1) is 6.61 Å². The van der Waals surface area contributed by atoms with Gasteiger partial charge in [-0.05, 0) is 24.3 Å². The maximum atomic E-state index is 12.4. The zero-order valence-corrected chi connectivity index (χ0v) is 13.5. The number of nitrogens with one attached hydrogen (secondary N) is 1. The van der Waals surface area contributed by atoms with Crippen molar-refractivity contribution in [3.63, 3.8) is 0 Å². The standard InChI is InChI=1S/C18H20N2O3/c1-20(2)18(22)14-9-6-8-13(11-14)17(21)19-16-10-5-4-7-15(16)12-23-3/h4-11H,12H2,1-3H3,(H,19,21). The van der Waals surface area contributed by atoms with Crippen LogP contribution in [0.5, 0.6) is 0 Å². The average Bonchev–Trinajstić information content (AvgIpc) is 2.56. The van der Waals surface area contributed by atoms with Gasteiger partial charge in [-0.1, -0.05) is 24.3 Å². The van der Waals surface area contributed by atoms with Gasteiger partial charge < -0.3 is 15.0 Å². The second-order valence-corrected chi connectivity index (χ2v) is 5.32. The molecule has 5 nitrogen and oxygen atoms in total. The molecular weight excluding hydrogens is 292 g/mol. The number of hydrogen-bond acceptors (Lipinski definition) is 3. The van der Waals surface area contributed by atoms with Crippen LogP contribution in [0.25, 0.3) is 0 Å². The number of anilines is 1. The molecule has 0 atom stereocenters. The first-order valence-electron chi connectivity index (χ1n) is 7.23. The van der Waals surface area contributed by atoms with Crippen LogP contribution in [0, 0.1) is 0 Å². The Labute approximate surface area is 135 Å². The Kier molecular flexibility index (Phi) is 5.49. The van der Waals surface area contributed by atoms with E-state index in [1.807, 2.05) is 24.3 Å². The van der Waals surface area contributed by atoms with Crippen molar-refractivity contribution in [3.8, 4) is 0 Å². The number of benzene rings is 2. The third-order valence-corrected chi connectivity index (χ3v) is 3.34. The summed E-state index contributed by atoms with van der Waals surface area (Å²) in [5, 5.41) is 2.86. The fourth-order valence-electron chi connectivity index (χ4n) is 2.17. The van der Waals surface area contributed by atoms with Gasteiger partial charge in [0.2, 0.25) is 0 Å². The van der Waals surface area contributed by atoms with E-state index in [0.717, 1.165) is 5.56 Å². The molecule has 0 saturated carbocycles. The number of para-hydroxylation sites is 1. The van der Waals surface area contributed by atoms with Gasteiger partial charge in [-0.25, -0.2) is 0 Å². The topological polar surface area (TPSA) is 58.6 Å². The van der Waals surface area contributed by atoms with Gasteiger partial charge >= 0.3 is 0 Å². The Hall–Kier alpha value is -2.66. The molecule has 0 fully saturated rings. The number of ether oxygens (including phenoxy) is 1. The molecule has 0 bridgehead atoms. The highest BCUT2D eigenvalue weighted by atomic mass is 16.5. The fourth-order valence-corrected chi connectivity index (χ4v) is 2.17. The summed E-state index contributed by atoms with van der Waals surface area (Å²) in [4.78, 5) is 25.9. The summed E-state index contributed by atoms with van der Waals surface area (Å²) in [5.41, 5.74) is 2.50. The van der Waals surface area contributed by atoms with Crippen LogP contribution in [-0.2, 0) is 11.3 Å². The third kappa shape index (κ3) is 4.17. The number of methoxy groups -OCH3 is 1. The van der Waals surface area contributed by atoms with Crippen LogP contribution >= 0.6 is 0 Å². The number of hydrogen-bond donors (Lipinski definition) is 1. The smallest absolute Gasteiger partial charge is 0.255 e. The molecule has 0 spiro atoms. The maximum Gasteiger partial charge on any atom is 0.255 e. The van der Waals surface area contributed by atoms with Crippen molar-refractivity contribution in [2.75, 3.05) is 26.5 Å². The van der Waals surface area contributed by atoms with E-state index in [4.69, 9.17) is 4.74 Å². The summed E-state index contributed by atoms with van der Waals surface area (Å²) in [6.07, 6.45) is 0. The summed E-state index contributed by atoms with van der Waals surface area (Å²) in [6, 6.07) is 14.1. The van der Waals surface area contributed by atoms with Gasteiger partial charge in [-0.15, -0.1) is 0 Å². The molecule has 2 amide bonds. The molecule has 0 radical (unpaired) electrons. The van der Waals surface area contributed by atoms with E-state index in [-0.39, 0.29) is 11.8 Å². The largest absolute Gasteiger partial charge is 0.380 e. The highest BCUT2D eigenvalue weighted by Gasteiger charge is 2.13. The zero-order chi connectivity index (χ0) is 16.8. The van der Waals surface area contributed by atoms with Crippen LogP contribution in [0.3, 0.4) is 0 Å². The highest BCUT2D eigenvalue weighted by Crippen LogP contribution is 2.17. The number of rotatable bonds is 5. The van der Waals surface area contributed by atoms with Gasteiger partial charge in [0.15, 0.2) is 0 Å². The normalized spacial score (nSPS) is 10.2. The molecule has 0 aliphatic rings. The van der Waals surface area contributed by atoms with Gasteiger partial charge in [-0.3, -0.25) is 9.59 Å². The van der Waals surface area contributed by atoms with Crippen LogP contribution in [0.15, 0.2) is 48.5 Å². The van der Waals surface area contributed by atoms with Crippen molar-refractivity contribution in [1.29, 1.82) is 0 Å². The van der Waals surface area contributed by atoms with E-state index < -0.39 is 0 Å². The quantitative estimate of drug-likeness (QED) is 0.923. The van der Waals surface area contributed by atoms with E-state index in [9.17, 15) is 9.59 Å². The van der Waals surface area contributed by atoms with E-state index in [1.54, 1.807) is 45.5 Å². The summed E-state index contributed by atoms with van der Waals surface area (Å²) >= 11 is 0. The van der Waals surface area contributed by atoms with Crippen molar-refractivity contribution in [1.82, 2.24) is 4.90 Å². The van der Waals surface area contributed by atoms with Crippen molar-refractivity contribution in [2.24, 2.45) is 0 Å². The fraction of sp³-hybridized carbons (Fsp3) is 0.222. The van der Waals surface area contributed by atoms with Crippen molar-refractivity contribution in [3.05, 3.63) is 65.2 Å².